The van der Waals surface area contributed by atoms with Gasteiger partial charge in [-0.25, -0.2) is 4.57 Å². The molecule has 3 aromatic heterocycles. The van der Waals surface area contributed by atoms with Crippen LogP contribution in [0, 0.1) is 6.92 Å². The summed E-state index contributed by atoms with van der Waals surface area (Å²) < 4.78 is 3.22. The van der Waals surface area contributed by atoms with Crippen molar-refractivity contribution in [3.8, 4) is 0 Å². The highest BCUT2D eigenvalue weighted by Gasteiger charge is 2.25. The number of anilines is 1. The summed E-state index contributed by atoms with van der Waals surface area (Å²) in [5, 5.41) is 2.92. The third-order valence-electron chi connectivity index (χ3n) is 4.03. The molecular formula is C17H20N5O2+. The molecule has 0 bridgehead atoms. The lowest BCUT2D eigenvalue weighted by Gasteiger charge is -2.14. The van der Waals surface area contributed by atoms with E-state index in [9.17, 15) is 9.59 Å². The van der Waals surface area contributed by atoms with Gasteiger partial charge < -0.3 is 11.1 Å². The molecule has 0 aliphatic heterocycles. The number of nitrogens with one attached hydrogen (secondary N) is 1. The Bertz CT molecular complexity index is 1040. The zero-order chi connectivity index (χ0) is 17.6. The molecule has 3 rings (SSSR count). The first-order chi connectivity index (χ1) is 11.3. The molecule has 0 fully saturated rings. The van der Waals surface area contributed by atoms with Gasteiger partial charge in [0.2, 0.25) is 11.5 Å². The number of fused-ring (bicyclic) bond motifs is 2. The van der Waals surface area contributed by atoms with Gasteiger partial charge in [-0.15, -0.1) is 0 Å². The van der Waals surface area contributed by atoms with Gasteiger partial charge >= 0.3 is 0 Å². The third-order valence-corrected chi connectivity index (χ3v) is 4.03. The van der Waals surface area contributed by atoms with Crippen LogP contribution in [0.15, 0.2) is 29.2 Å². The lowest BCUT2D eigenvalue weighted by Crippen LogP contribution is -2.44. The second-order valence-corrected chi connectivity index (χ2v) is 6.08. The predicted molar refractivity (Wildman–Crippen MR) is 92.1 cm³/mol. The largest absolute Gasteiger partial charge is 0.355 e. The first kappa shape index (κ1) is 15.9. The number of carbonyl (C=O) groups excluding carboxylic acids is 1. The minimum absolute atomic E-state index is 0.0584. The molecule has 0 spiro atoms. The molecule has 0 aliphatic rings. The van der Waals surface area contributed by atoms with Crippen molar-refractivity contribution in [1.82, 2.24) is 14.7 Å². The number of aromatic nitrogens is 3. The van der Waals surface area contributed by atoms with E-state index in [0.717, 1.165) is 5.56 Å². The summed E-state index contributed by atoms with van der Waals surface area (Å²) in [6, 6.07) is 5.16. The average Bonchev–Trinajstić information content (AvgIpc) is 2.54. The van der Waals surface area contributed by atoms with E-state index in [1.165, 1.54) is 17.5 Å². The van der Waals surface area contributed by atoms with Crippen molar-refractivity contribution in [1.29, 1.82) is 0 Å². The maximum absolute atomic E-state index is 12.9. The van der Waals surface area contributed by atoms with Gasteiger partial charge in [-0.2, -0.15) is 0 Å². The van der Waals surface area contributed by atoms with Gasteiger partial charge in [0.05, 0.1) is 6.04 Å². The smallest absolute Gasteiger partial charge is 0.278 e. The minimum Gasteiger partial charge on any atom is -0.355 e. The van der Waals surface area contributed by atoms with Crippen molar-refractivity contribution < 1.29 is 9.36 Å². The fraction of sp³-hybridized carbons (Fsp3) is 0.294. The highest BCUT2D eigenvalue weighted by atomic mass is 16.1. The van der Waals surface area contributed by atoms with Crippen molar-refractivity contribution in [2.45, 2.75) is 26.8 Å². The number of hydrogen-bond acceptors (Lipinski definition) is 4. The van der Waals surface area contributed by atoms with Crippen molar-refractivity contribution in [3.63, 3.8) is 0 Å². The van der Waals surface area contributed by atoms with Crippen molar-refractivity contribution in [2.24, 2.45) is 0 Å². The molecule has 124 valence electrons. The Morgan fingerprint density at radius 2 is 2.08 bits per heavy atom. The van der Waals surface area contributed by atoms with Gasteiger partial charge in [-0.05, 0) is 38.5 Å². The summed E-state index contributed by atoms with van der Waals surface area (Å²) in [7, 11) is 1.53. The van der Waals surface area contributed by atoms with E-state index >= 15 is 0 Å². The predicted octanol–water partition coefficient (Wildman–Crippen LogP) is 0.966. The number of aryl methyl sites for hydroxylation is 1. The minimum atomic E-state index is -0.336. The molecule has 7 nitrogen and oxygen atoms in total. The number of amides is 1. The normalized spacial score (nSPS) is 11.4. The number of nitrogen functional groups attached to an aromatic ring is 1. The summed E-state index contributed by atoms with van der Waals surface area (Å²) in [4.78, 5) is 29.7. The summed E-state index contributed by atoms with van der Waals surface area (Å²) in [6.45, 7) is 5.77. The highest BCUT2D eigenvalue weighted by Crippen LogP contribution is 2.17. The molecule has 0 aliphatic carbocycles. The fourth-order valence-electron chi connectivity index (χ4n) is 2.86. The van der Waals surface area contributed by atoms with Gasteiger partial charge in [-0.1, -0.05) is 11.1 Å². The lowest BCUT2D eigenvalue weighted by atomic mass is 10.1. The van der Waals surface area contributed by atoms with E-state index in [-0.39, 0.29) is 23.1 Å². The monoisotopic (exact) mass is 326 g/mol. The number of pyridine rings is 2. The van der Waals surface area contributed by atoms with E-state index in [4.69, 9.17) is 5.73 Å². The summed E-state index contributed by atoms with van der Waals surface area (Å²) in [6.07, 6.45) is 1.74. The number of nitrogens with zero attached hydrogens (tertiary/aromatic N) is 3. The molecule has 0 aromatic carbocycles. The van der Waals surface area contributed by atoms with E-state index in [0.29, 0.717) is 22.5 Å². The summed E-state index contributed by atoms with van der Waals surface area (Å²) in [5.74, 6) is -0.0437. The Morgan fingerprint density at radius 1 is 1.38 bits per heavy atom. The number of hydrogen-bond donors (Lipinski definition) is 2. The van der Waals surface area contributed by atoms with Gasteiger partial charge in [0, 0.05) is 13.2 Å². The molecule has 1 amide bonds. The molecule has 0 atom stereocenters. The molecular weight excluding hydrogens is 306 g/mol. The van der Waals surface area contributed by atoms with Crippen LogP contribution in [0.25, 0.3) is 16.7 Å². The van der Waals surface area contributed by atoms with Crippen molar-refractivity contribution >= 4 is 28.4 Å². The van der Waals surface area contributed by atoms with Crippen LogP contribution in [-0.2, 0) is 0 Å². The van der Waals surface area contributed by atoms with Crippen LogP contribution in [0.2, 0.25) is 0 Å². The highest BCUT2D eigenvalue weighted by molar-refractivity contribution is 6.00. The van der Waals surface area contributed by atoms with Gasteiger partial charge in [0.1, 0.15) is 10.9 Å². The fourth-order valence-corrected chi connectivity index (χ4v) is 2.86. The molecule has 7 heteroatoms. The van der Waals surface area contributed by atoms with Crippen LogP contribution < -0.4 is 21.2 Å². The SMILES string of the molecule is CNC(=O)c1cc2c(=O)n3cc(C)ccc3nc2[n+](C(C)C)c1N. The second-order valence-electron chi connectivity index (χ2n) is 6.08. The summed E-state index contributed by atoms with van der Waals surface area (Å²) >= 11 is 0. The molecule has 3 aromatic rings. The van der Waals surface area contributed by atoms with E-state index in [1.54, 1.807) is 16.8 Å². The van der Waals surface area contributed by atoms with Crippen LogP contribution in [0.3, 0.4) is 0 Å². The van der Waals surface area contributed by atoms with E-state index in [2.05, 4.69) is 10.3 Å². The molecule has 3 heterocycles. The molecule has 0 saturated carbocycles. The average molecular weight is 326 g/mol. The van der Waals surface area contributed by atoms with Crippen LogP contribution in [-0.4, -0.2) is 22.3 Å². The van der Waals surface area contributed by atoms with Crippen molar-refractivity contribution in [3.05, 3.63) is 45.9 Å². The van der Waals surface area contributed by atoms with E-state index < -0.39 is 0 Å². The Morgan fingerprint density at radius 3 is 2.71 bits per heavy atom. The quantitative estimate of drug-likeness (QED) is 0.542. The first-order valence-electron chi connectivity index (χ1n) is 7.74. The second kappa shape index (κ2) is 5.59. The van der Waals surface area contributed by atoms with Gasteiger partial charge in [-0.3, -0.25) is 14.0 Å². The van der Waals surface area contributed by atoms with Gasteiger partial charge in [0.15, 0.2) is 0 Å². The Balaban J connectivity index is 2.56. The lowest BCUT2D eigenvalue weighted by molar-refractivity contribution is -0.679. The van der Waals surface area contributed by atoms with Crippen LogP contribution in [0.5, 0.6) is 0 Å². The van der Waals surface area contributed by atoms with Gasteiger partial charge in [0.25, 0.3) is 17.1 Å². The standard InChI is InChI=1S/C17H19N5O2/c1-9(2)22-14(18)11(16(23)19-4)7-12-15(22)20-13-6-5-10(3)8-21(13)17(12)24/h5-9,18H,1-4H3,(H,19,23)/p+1. The Labute approximate surface area is 138 Å². The van der Waals surface area contributed by atoms with Crippen molar-refractivity contribution in [2.75, 3.05) is 12.8 Å². The topological polar surface area (TPSA) is 93.4 Å². The maximum atomic E-state index is 12.9. The number of nitrogens with two attached hydrogens (primary N) is 1. The molecule has 24 heavy (non-hydrogen) atoms. The van der Waals surface area contributed by atoms with E-state index in [1.807, 2.05) is 26.8 Å². The maximum Gasteiger partial charge on any atom is 0.278 e. The summed E-state index contributed by atoms with van der Waals surface area (Å²) in [5.41, 5.74) is 8.21. The molecule has 0 saturated heterocycles. The molecule has 3 N–H and O–H groups in total. The molecule has 0 unspecified atom stereocenters. The number of rotatable bonds is 2. The van der Waals surface area contributed by atoms with Crippen LogP contribution in [0.4, 0.5) is 5.82 Å². The van der Waals surface area contributed by atoms with Crippen LogP contribution in [0.1, 0.15) is 35.8 Å². The molecule has 0 radical (unpaired) electrons. The zero-order valence-electron chi connectivity index (χ0n) is 14.1. The number of carbonyl (C=O) groups is 1. The van der Waals surface area contributed by atoms with Crippen LogP contribution >= 0.6 is 0 Å². The third kappa shape index (κ3) is 2.29. The Kier molecular flexibility index (Phi) is 3.71. The first-order valence-corrected chi connectivity index (χ1v) is 7.74. The Hall–Kier alpha value is -2.96. The zero-order valence-corrected chi connectivity index (χ0v) is 14.1.